The predicted octanol–water partition coefficient (Wildman–Crippen LogP) is 2.99. The summed E-state index contributed by atoms with van der Waals surface area (Å²) in [5, 5.41) is 10.1. The molecule has 94 valence electrons. The van der Waals surface area contributed by atoms with E-state index in [4.69, 9.17) is 5.73 Å². The number of anilines is 1. The summed E-state index contributed by atoms with van der Waals surface area (Å²) >= 11 is 0. The molecule has 2 aromatic carbocycles. The van der Waals surface area contributed by atoms with Crippen LogP contribution in [0.5, 0.6) is 0 Å². The van der Waals surface area contributed by atoms with Gasteiger partial charge in [-0.2, -0.15) is 0 Å². The SMILES string of the molecule is Cc1ccc(F)cc1CC(O)c1ccc(N)cc1. The maximum Gasteiger partial charge on any atom is 0.123 e. The summed E-state index contributed by atoms with van der Waals surface area (Å²) in [5.41, 5.74) is 8.83. The first-order chi connectivity index (χ1) is 8.56. The minimum atomic E-state index is -0.647. The maximum atomic E-state index is 13.2. The topological polar surface area (TPSA) is 46.2 Å². The molecule has 2 rings (SSSR count). The largest absolute Gasteiger partial charge is 0.399 e. The number of aryl methyl sites for hydroxylation is 1. The van der Waals surface area contributed by atoms with Crippen LogP contribution < -0.4 is 5.73 Å². The second-order valence-electron chi connectivity index (χ2n) is 4.46. The van der Waals surface area contributed by atoms with Crippen molar-refractivity contribution in [2.45, 2.75) is 19.4 Å². The summed E-state index contributed by atoms with van der Waals surface area (Å²) in [6.07, 6.45) is -0.251. The van der Waals surface area contributed by atoms with Crippen LogP contribution in [0, 0.1) is 12.7 Å². The molecule has 0 aliphatic heterocycles. The van der Waals surface area contributed by atoms with Crippen LogP contribution in [-0.4, -0.2) is 5.11 Å². The smallest absolute Gasteiger partial charge is 0.123 e. The van der Waals surface area contributed by atoms with Crippen LogP contribution in [0.25, 0.3) is 0 Å². The van der Waals surface area contributed by atoms with Crippen LogP contribution in [0.3, 0.4) is 0 Å². The van der Waals surface area contributed by atoms with E-state index in [2.05, 4.69) is 0 Å². The van der Waals surface area contributed by atoms with Crippen LogP contribution in [0.4, 0.5) is 10.1 Å². The number of aliphatic hydroxyl groups is 1. The average Bonchev–Trinajstić information content (AvgIpc) is 2.34. The normalized spacial score (nSPS) is 12.4. The first-order valence-electron chi connectivity index (χ1n) is 5.85. The van der Waals surface area contributed by atoms with Crippen molar-refractivity contribution in [1.82, 2.24) is 0 Å². The highest BCUT2D eigenvalue weighted by atomic mass is 19.1. The Bertz CT molecular complexity index is 537. The van der Waals surface area contributed by atoms with Crippen LogP contribution in [-0.2, 0) is 6.42 Å². The number of rotatable bonds is 3. The zero-order valence-electron chi connectivity index (χ0n) is 10.2. The van der Waals surface area contributed by atoms with Crippen molar-refractivity contribution in [3.63, 3.8) is 0 Å². The summed E-state index contributed by atoms with van der Waals surface area (Å²) in [7, 11) is 0. The van der Waals surface area contributed by atoms with E-state index in [1.54, 1.807) is 30.3 Å². The summed E-state index contributed by atoms with van der Waals surface area (Å²) in [5.74, 6) is -0.278. The van der Waals surface area contributed by atoms with Gasteiger partial charge < -0.3 is 10.8 Å². The molecule has 0 amide bonds. The molecule has 0 aromatic heterocycles. The van der Waals surface area contributed by atoms with Crippen molar-refractivity contribution in [2.24, 2.45) is 0 Å². The molecule has 1 unspecified atom stereocenters. The molecule has 2 nitrogen and oxygen atoms in total. The van der Waals surface area contributed by atoms with Crippen molar-refractivity contribution in [3.8, 4) is 0 Å². The quantitative estimate of drug-likeness (QED) is 0.816. The highest BCUT2D eigenvalue weighted by molar-refractivity contribution is 5.40. The lowest BCUT2D eigenvalue weighted by Gasteiger charge is -2.13. The van der Waals surface area contributed by atoms with E-state index < -0.39 is 6.10 Å². The van der Waals surface area contributed by atoms with Crippen LogP contribution >= 0.6 is 0 Å². The van der Waals surface area contributed by atoms with E-state index >= 15 is 0 Å². The number of hydrogen-bond acceptors (Lipinski definition) is 2. The summed E-state index contributed by atoms with van der Waals surface area (Å²) in [4.78, 5) is 0. The van der Waals surface area contributed by atoms with Gasteiger partial charge in [0, 0.05) is 12.1 Å². The first kappa shape index (κ1) is 12.6. The van der Waals surface area contributed by atoms with E-state index in [0.717, 1.165) is 16.7 Å². The second kappa shape index (κ2) is 5.19. The lowest BCUT2D eigenvalue weighted by atomic mass is 9.98. The standard InChI is InChI=1S/C15H16FNO/c1-10-2-5-13(16)8-12(10)9-15(18)11-3-6-14(17)7-4-11/h2-8,15,18H,9,17H2,1H3. The van der Waals surface area contributed by atoms with Gasteiger partial charge >= 0.3 is 0 Å². The molecule has 0 aliphatic carbocycles. The van der Waals surface area contributed by atoms with Crippen molar-refractivity contribution >= 4 is 5.69 Å². The molecule has 0 fully saturated rings. The lowest BCUT2D eigenvalue weighted by Crippen LogP contribution is -2.03. The Labute approximate surface area is 106 Å². The molecule has 0 bridgehead atoms. The number of benzene rings is 2. The third-order valence-electron chi connectivity index (χ3n) is 3.05. The fourth-order valence-corrected chi connectivity index (χ4v) is 1.90. The first-order valence-corrected chi connectivity index (χ1v) is 5.85. The minimum Gasteiger partial charge on any atom is -0.399 e. The number of hydrogen-bond donors (Lipinski definition) is 2. The lowest BCUT2D eigenvalue weighted by molar-refractivity contribution is 0.178. The number of nitrogen functional groups attached to an aromatic ring is 1. The Morgan fingerprint density at radius 3 is 2.50 bits per heavy atom. The summed E-state index contributed by atoms with van der Waals surface area (Å²) in [6.45, 7) is 1.91. The molecule has 0 saturated heterocycles. The minimum absolute atomic E-state index is 0.278. The van der Waals surface area contributed by atoms with Crippen molar-refractivity contribution in [2.75, 3.05) is 5.73 Å². The third-order valence-corrected chi connectivity index (χ3v) is 3.05. The van der Waals surface area contributed by atoms with Gasteiger partial charge in [0.25, 0.3) is 0 Å². The number of nitrogens with two attached hydrogens (primary N) is 1. The Kier molecular flexibility index (Phi) is 3.63. The Morgan fingerprint density at radius 1 is 1.17 bits per heavy atom. The molecular formula is C15H16FNO. The molecule has 18 heavy (non-hydrogen) atoms. The van der Waals surface area contributed by atoms with E-state index in [0.29, 0.717) is 12.1 Å². The van der Waals surface area contributed by atoms with Crippen LogP contribution in [0.15, 0.2) is 42.5 Å². The Hall–Kier alpha value is -1.87. The van der Waals surface area contributed by atoms with Gasteiger partial charge in [0.15, 0.2) is 0 Å². The van der Waals surface area contributed by atoms with Gasteiger partial charge in [0.2, 0.25) is 0 Å². The van der Waals surface area contributed by atoms with Crippen LogP contribution in [0.2, 0.25) is 0 Å². The number of halogens is 1. The van der Waals surface area contributed by atoms with Gasteiger partial charge in [0.1, 0.15) is 5.82 Å². The van der Waals surface area contributed by atoms with Gasteiger partial charge in [0.05, 0.1) is 6.10 Å². The molecule has 0 heterocycles. The van der Waals surface area contributed by atoms with E-state index in [1.165, 1.54) is 12.1 Å². The zero-order chi connectivity index (χ0) is 13.1. The molecule has 0 aliphatic rings. The molecule has 2 aromatic rings. The van der Waals surface area contributed by atoms with Gasteiger partial charge in [-0.15, -0.1) is 0 Å². The highest BCUT2D eigenvalue weighted by Gasteiger charge is 2.10. The Balaban J connectivity index is 2.18. The highest BCUT2D eigenvalue weighted by Crippen LogP contribution is 2.21. The molecular weight excluding hydrogens is 229 g/mol. The van der Waals surface area contributed by atoms with E-state index in [-0.39, 0.29) is 5.82 Å². The predicted molar refractivity (Wildman–Crippen MR) is 70.7 cm³/mol. The average molecular weight is 245 g/mol. The van der Waals surface area contributed by atoms with Gasteiger partial charge in [-0.25, -0.2) is 4.39 Å². The molecule has 0 saturated carbocycles. The molecule has 0 radical (unpaired) electrons. The van der Waals surface area contributed by atoms with Crippen molar-refractivity contribution in [1.29, 1.82) is 0 Å². The summed E-state index contributed by atoms with van der Waals surface area (Å²) < 4.78 is 13.2. The fourth-order valence-electron chi connectivity index (χ4n) is 1.90. The maximum absolute atomic E-state index is 13.2. The van der Waals surface area contributed by atoms with Crippen LogP contribution in [0.1, 0.15) is 22.8 Å². The fraction of sp³-hybridized carbons (Fsp3) is 0.200. The molecule has 0 spiro atoms. The van der Waals surface area contributed by atoms with Crippen molar-refractivity contribution < 1.29 is 9.50 Å². The van der Waals surface area contributed by atoms with E-state index in [9.17, 15) is 9.50 Å². The van der Waals surface area contributed by atoms with Gasteiger partial charge in [-0.1, -0.05) is 18.2 Å². The number of aliphatic hydroxyl groups excluding tert-OH is 1. The summed E-state index contributed by atoms with van der Waals surface area (Å²) in [6, 6.07) is 11.7. The Morgan fingerprint density at radius 2 is 1.83 bits per heavy atom. The molecule has 3 heteroatoms. The van der Waals surface area contributed by atoms with Gasteiger partial charge in [-0.05, 0) is 47.9 Å². The monoisotopic (exact) mass is 245 g/mol. The zero-order valence-corrected chi connectivity index (χ0v) is 10.2. The van der Waals surface area contributed by atoms with E-state index in [1.807, 2.05) is 6.92 Å². The van der Waals surface area contributed by atoms with Crippen molar-refractivity contribution in [3.05, 3.63) is 65.0 Å². The molecule has 1 atom stereocenters. The second-order valence-corrected chi connectivity index (χ2v) is 4.46. The molecule has 3 N–H and O–H groups in total. The third kappa shape index (κ3) is 2.87. The van der Waals surface area contributed by atoms with Gasteiger partial charge in [-0.3, -0.25) is 0 Å².